The zero-order chi connectivity index (χ0) is 14.8. The lowest BCUT2D eigenvalue weighted by Gasteiger charge is -2.31. The highest BCUT2D eigenvalue weighted by atomic mass is 19.1. The number of hydrogen-bond donors (Lipinski definition) is 0. The van der Waals surface area contributed by atoms with Crippen molar-refractivity contribution in [1.82, 2.24) is 9.47 Å². The Morgan fingerprint density at radius 2 is 2.05 bits per heavy atom. The SMILES string of the molecule is CN(C(=O)Cn1ccc2cc(F)ccc21)C1CCCCC1. The predicted molar refractivity (Wildman–Crippen MR) is 81.5 cm³/mol. The third-order valence-electron chi connectivity index (χ3n) is 4.55. The van der Waals surface area contributed by atoms with Gasteiger partial charge in [0.15, 0.2) is 0 Å². The quantitative estimate of drug-likeness (QED) is 0.847. The summed E-state index contributed by atoms with van der Waals surface area (Å²) in [5, 5.41) is 0.836. The summed E-state index contributed by atoms with van der Waals surface area (Å²) in [5.74, 6) is -0.116. The number of hydrogen-bond acceptors (Lipinski definition) is 1. The van der Waals surface area contributed by atoms with Gasteiger partial charge in [-0.25, -0.2) is 4.39 Å². The Labute approximate surface area is 124 Å². The van der Waals surface area contributed by atoms with Crippen LogP contribution in [0.25, 0.3) is 10.9 Å². The van der Waals surface area contributed by atoms with Crippen LogP contribution in [0.5, 0.6) is 0 Å². The van der Waals surface area contributed by atoms with Crippen molar-refractivity contribution in [3.63, 3.8) is 0 Å². The van der Waals surface area contributed by atoms with Crippen LogP contribution in [-0.2, 0) is 11.3 Å². The average Bonchev–Trinajstić information content (AvgIpc) is 2.89. The molecule has 21 heavy (non-hydrogen) atoms. The van der Waals surface area contributed by atoms with E-state index < -0.39 is 0 Å². The molecule has 1 aliphatic carbocycles. The van der Waals surface area contributed by atoms with Gasteiger partial charge < -0.3 is 9.47 Å². The van der Waals surface area contributed by atoms with E-state index in [4.69, 9.17) is 0 Å². The first-order valence-electron chi connectivity index (χ1n) is 7.65. The van der Waals surface area contributed by atoms with Gasteiger partial charge in [-0.2, -0.15) is 0 Å². The van der Waals surface area contributed by atoms with Gasteiger partial charge in [-0.1, -0.05) is 19.3 Å². The second kappa shape index (κ2) is 5.88. The molecule has 0 unspecified atom stereocenters. The summed E-state index contributed by atoms with van der Waals surface area (Å²) in [5.41, 5.74) is 0.904. The first-order valence-corrected chi connectivity index (χ1v) is 7.65. The standard InChI is InChI=1S/C17H21FN2O/c1-19(15-5-3-2-4-6-15)17(21)12-20-10-9-13-11-14(18)7-8-16(13)20/h7-11,15H,2-6,12H2,1H3. The van der Waals surface area contributed by atoms with E-state index in [9.17, 15) is 9.18 Å². The van der Waals surface area contributed by atoms with Crippen LogP contribution in [0.3, 0.4) is 0 Å². The molecule has 1 aliphatic rings. The van der Waals surface area contributed by atoms with Gasteiger partial charge in [-0.05, 0) is 37.1 Å². The van der Waals surface area contributed by atoms with Crippen molar-refractivity contribution >= 4 is 16.8 Å². The minimum absolute atomic E-state index is 0.128. The molecule has 4 heteroatoms. The Balaban J connectivity index is 1.73. The zero-order valence-electron chi connectivity index (χ0n) is 12.4. The van der Waals surface area contributed by atoms with Crippen molar-refractivity contribution in [3.05, 3.63) is 36.3 Å². The van der Waals surface area contributed by atoms with E-state index in [2.05, 4.69) is 0 Å². The van der Waals surface area contributed by atoms with E-state index in [1.165, 1.54) is 31.4 Å². The van der Waals surface area contributed by atoms with Crippen molar-refractivity contribution in [2.45, 2.75) is 44.7 Å². The highest BCUT2D eigenvalue weighted by Crippen LogP contribution is 2.22. The van der Waals surface area contributed by atoms with Crippen molar-refractivity contribution < 1.29 is 9.18 Å². The fraction of sp³-hybridized carbons (Fsp3) is 0.471. The van der Waals surface area contributed by atoms with Gasteiger partial charge in [0.05, 0.1) is 0 Å². The van der Waals surface area contributed by atoms with Crippen molar-refractivity contribution in [3.8, 4) is 0 Å². The minimum atomic E-state index is -0.245. The van der Waals surface area contributed by atoms with Gasteiger partial charge >= 0.3 is 0 Å². The molecule has 1 aromatic heterocycles. The number of aromatic nitrogens is 1. The topological polar surface area (TPSA) is 25.2 Å². The fourth-order valence-electron chi connectivity index (χ4n) is 3.24. The number of carbonyl (C=O) groups excluding carboxylic acids is 1. The lowest BCUT2D eigenvalue weighted by Crippen LogP contribution is -2.40. The smallest absolute Gasteiger partial charge is 0.242 e. The van der Waals surface area contributed by atoms with Crippen LogP contribution in [0, 0.1) is 5.82 Å². The number of fused-ring (bicyclic) bond motifs is 1. The van der Waals surface area contributed by atoms with Gasteiger partial charge in [-0.3, -0.25) is 4.79 Å². The summed E-state index contributed by atoms with van der Waals surface area (Å²) in [4.78, 5) is 14.3. The molecule has 2 aromatic rings. The Morgan fingerprint density at radius 1 is 1.29 bits per heavy atom. The van der Waals surface area contributed by atoms with Gasteiger partial charge in [-0.15, -0.1) is 0 Å². The van der Waals surface area contributed by atoms with Gasteiger partial charge in [0, 0.05) is 30.2 Å². The number of amides is 1. The van der Waals surface area contributed by atoms with Gasteiger partial charge in [0.1, 0.15) is 12.4 Å². The normalized spacial score (nSPS) is 16.3. The molecular formula is C17H21FN2O. The molecule has 0 saturated heterocycles. The van der Waals surface area contributed by atoms with Crippen molar-refractivity contribution in [2.75, 3.05) is 7.05 Å². The molecule has 0 N–H and O–H groups in total. The summed E-state index contributed by atoms with van der Waals surface area (Å²) in [6.45, 7) is 0.322. The van der Waals surface area contributed by atoms with E-state index in [-0.39, 0.29) is 11.7 Å². The molecule has 1 amide bonds. The molecule has 3 rings (SSSR count). The highest BCUT2D eigenvalue weighted by Gasteiger charge is 2.22. The van der Waals surface area contributed by atoms with E-state index in [0.29, 0.717) is 12.6 Å². The third-order valence-corrected chi connectivity index (χ3v) is 4.55. The number of nitrogens with zero attached hydrogens (tertiary/aromatic N) is 2. The second-order valence-electron chi connectivity index (χ2n) is 5.94. The average molecular weight is 288 g/mol. The second-order valence-corrected chi connectivity index (χ2v) is 5.94. The van der Waals surface area contributed by atoms with Gasteiger partial charge in [0.25, 0.3) is 0 Å². The maximum atomic E-state index is 13.2. The summed E-state index contributed by atoms with van der Waals surface area (Å²) in [6.07, 6.45) is 7.80. The number of carbonyl (C=O) groups is 1. The van der Waals surface area contributed by atoms with Crippen LogP contribution in [0.2, 0.25) is 0 Å². The molecule has 0 atom stereocenters. The van der Waals surface area contributed by atoms with E-state index >= 15 is 0 Å². The maximum Gasteiger partial charge on any atom is 0.242 e. The van der Waals surface area contributed by atoms with Crippen molar-refractivity contribution in [2.24, 2.45) is 0 Å². The molecule has 1 aromatic carbocycles. The maximum absolute atomic E-state index is 13.2. The van der Waals surface area contributed by atoms with Crippen LogP contribution >= 0.6 is 0 Å². The number of halogens is 1. The summed E-state index contributed by atoms with van der Waals surface area (Å²) in [7, 11) is 1.91. The van der Waals surface area contributed by atoms with E-state index in [0.717, 1.165) is 23.7 Å². The number of rotatable bonds is 3. The van der Waals surface area contributed by atoms with Gasteiger partial charge in [0.2, 0.25) is 5.91 Å². The predicted octanol–water partition coefficient (Wildman–Crippen LogP) is 3.57. The fourth-order valence-corrected chi connectivity index (χ4v) is 3.24. The molecule has 112 valence electrons. The number of likely N-dealkylation sites (N-methyl/N-ethyl adjacent to an activating group) is 1. The summed E-state index contributed by atoms with van der Waals surface area (Å²) in [6, 6.07) is 6.91. The molecule has 3 nitrogen and oxygen atoms in total. The molecule has 0 aliphatic heterocycles. The molecular weight excluding hydrogens is 267 g/mol. The van der Waals surface area contributed by atoms with Crippen LogP contribution in [0.15, 0.2) is 30.5 Å². The summed E-state index contributed by atoms with van der Waals surface area (Å²) >= 11 is 0. The Kier molecular flexibility index (Phi) is 3.95. The monoisotopic (exact) mass is 288 g/mol. The first-order chi connectivity index (χ1) is 10.1. The van der Waals surface area contributed by atoms with Crippen molar-refractivity contribution in [1.29, 1.82) is 0 Å². The van der Waals surface area contributed by atoms with Crippen LogP contribution in [0.4, 0.5) is 4.39 Å². The lowest BCUT2D eigenvalue weighted by molar-refractivity contribution is -0.133. The Bertz CT molecular complexity index is 643. The zero-order valence-corrected chi connectivity index (χ0v) is 12.4. The van der Waals surface area contributed by atoms with Crippen LogP contribution in [0.1, 0.15) is 32.1 Å². The van der Waals surface area contributed by atoms with Crippen LogP contribution in [-0.4, -0.2) is 28.5 Å². The minimum Gasteiger partial charge on any atom is -0.341 e. The molecule has 1 heterocycles. The number of benzene rings is 1. The third kappa shape index (κ3) is 2.94. The Morgan fingerprint density at radius 3 is 2.81 bits per heavy atom. The van der Waals surface area contributed by atoms with Crippen LogP contribution < -0.4 is 0 Å². The molecule has 0 spiro atoms. The largest absolute Gasteiger partial charge is 0.341 e. The molecule has 0 radical (unpaired) electrons. The van der Waals surface area contributed by atoms with E-state index in [1.807, 2.05) is 28.8 Å². The van der Waals surface area contributed by atoms with E-state index in [1.54, 1.807) is 6.07 Å². The molecule has 0 bridgehead atoms. The lowest BCUT2D eigenvalue weighted by atomic mass is 9.94. The highest BCUT2D eigenvalue weighted by molar-refractivity contribution is 5.83. The molecule has 1 saturated carbocycles. The first kappa shape index (κ1) is 14.1. The molecule has 1 fully saturated rings. The summed E-state index contributed by atoms with van der Waals surface area (Å²) < 4.78 is 15.1. The Hall–Kier alpha value is -1.84.